The molecule has 0 radical (unpaired) electrons. The molecule has 2 heteroatoms. The van der Waals surface area contributed by atoms with Crippen LogP contribution in [-0.2, 0) is 0 Å². The number of halogens is 1. The Morgan fingerprint density at radius 3 is 1.17 bits per heavy atom. The number of rotatable bonds is 0. The first kappa shape index (κ1) is 15.3. The van der Waals surface area contributed by atoms with Crippen LogP contribution < -0.4 is 0 Å². The van der Waals surface area contributed by atoms with Crippen LogP contribution in [0.25, 0.3) is 0 Å². The van der Waals surface area contributed by atoms with Crippen molar-refractivity contribution in [2.45, 2.75) is 51.0 Å². The van der Waals surface area contributed by atoms with E-state index in [1.165, 1.54) is 0 Å². The van der Waals surface area contributed by atoms with Crippen LogP contribution in [0.5, 0.6) is 0 Å². The molecular weight excluding hydrogens is 279 g/mol. The molecule has 0 atom stereocenters. The van der Waals surface area contributed by atoms with Crippen molar-refractivity contribution in [3.63, 3.8) is 0 Å². The van der Waals surface area contributed by atoms with Gasteiger partial charge in [0.05, 0.1) is 0 Å². The standard InChI is InChI=1S/C8H14S.C2H6.HI/c1-7(2)5-6-8(3,4)9-7;1-2;/h5-6H,1-4H3;1-2H3;1H. The summed E-state index contributed by atoms with van der Waals surface area (Å²) in [6.07, 6.45) is 4.58. The van der Waals surface area contributed by atoms with Crippen LogP contribution in [0.3, 0.4) is 0 Å². The third kappa shape index (κ3) is 5.46. The van der Waals surface area contributed by atoms with Gasteiger partial charge in [0.2, 0.25) is 0 Å². The Kier molecular flexibility index (Phi) is 7.05. The lowest BCUT2D eigenvalue weighted by Gasteiger charge is -2.21. The van der Waals surface area contributed by atoms with Crippen molar-refractivity contribution in [2.75, 3.05) is 0 Å². The predicted octanol–water partition coefficient (Wildman–Crippen LogP) is 4.49. The second-order valence-corrected chi connectivity index (χ2v) is 5.95. The van der Waals surface area contributed by atoms with Gasteiger partial charge in [-0.05, 0) is 27.7 Å². The molecule has 74 valence electrons. The topological polar surface area (TPSA) is 0 Å². The predicted molar refractivity (Wildman–Crippen MR) is 71.7 cm³/mol. The third-order valence-corrected chi connectivity index (χ3v) is 2.74. The van der Waals surface area contributed by atoms with E-state index < -0.39 is 0 Å². The fourth-order valence-corrected chi connectivity index (χ4v) is 2.78. The van der Waals surface area contributed by atoms with Gasteiger partial charge in [-0.15, -0.1) is 35.7 Å². The Bertz CT molecular complexity index is 132. The number of thioether (sulfide) groups is 1. The molecule has 0 aromatic heterocycles. The molecule has 0 N–H and O–H groups in total. The van der Waals surface area contributed by atoms with Gasteiger partial charge in [-0.1, -0.05) is 26.0 Å². The molecular formula is C10H21IS. The number of hydrogen-bond acceptors (Lipinski definition) is 1. The molecule has 0 saturated heterocycles. The van der Waals surface area contributed by atoms with Crippen molar-refractivity contribution in [3.05, 3.63) is 12.2 Å². The maximum absolute atomic E-state index is 2.29. The van der Waals surface area contributed by atoms with E-state index in [-0.39, 0.29) is 24.0 Å². The minimum Gasteiger partial charge on any atom is -0.141 e. The van der Waals surface area contributed by atoms with Crippen molar-refractivity contribution in [1.82, 2.24) is 0 Å². The monoisotopic (exact) mass is 300 g/mol. The minimum atomic E-state index is 0. The molecule has 0 saturated carbocycles. The maximum atomic E-state index is 2.29. The molecule has 1 heterocycles. The zero-order valence-electron chi connectivity index (χ0n) is 8.97. The summed E-state index contributed by atoms with van der Waals surface area (Å²) in [7, 11) is 0. The van der Waals surface area contributed by atoms with Crippen molar-refractivity contribution < 1.29 is 0 Å². The largest absolute Gasteiger partial charge is 0.141 e. The van der Waals surface area contributed by atoms with Crippen LogP contribution in [0, 0.1) is 0 Å². The Morgan fingerprint density at radius 1 is 0.833 bits per heavy atom. The second kappa shape index (κ2) is 5.53. The summed E-state index contributed by atoms with van der Waals surface area (Å²) in [5.41, 5.74) is 0. The van der Waals surface area contributed by atoms with E-state index in [1.807, 2.05) is 25.6 Å². The van der Waals surface area contributed by atoms with E-state index >= 15 is 0 Å². The Balaban J connectivity index is 0. The van der Waals surface area contributed by atoms with Crippen molar-refractivity contribution in [1.29, 1.82) is 0 Å². The highest BCUT2D eigenvalue weighted by molar-refractivity contribution is 14.0. The Hall–Kier alpha value is 0.820. The van der Waals surface area contributed by atoms with Gasteiger partial charge in [0.1, 0.15) is 0 Å². The molecule has 1 aliphatic rings. The summed E-state index contributed by atoms with van der Waals surface area (Å²) in [4.78, 5) is 0. The van der Waals surface area contributed by atoms with Crippen LogP contribution in [0.15, 0.2) is 12.2 Å². The van der Waals surface area contributed by atoms with Gasteiger partial charge in [-0.2, -0.15) is 0 Å². The zero-order valence-corrected chi connectivity index (χ0v) is 12.1. The van der Waals surface area contributed by atoms with Crippen LogP contribution in [0.1, 0.15) is 41.5 Å². The molecule has 1 rings (SSSR count). The molecule has 12 heavy (non-hydrogen) atoms. The van der Waals surface area contributed by atoms with Gasteiger partial charge in [0, 0.05) is 9.49 Å². The molecule has 1 aliphatic heterocycles. The van der Waals surface area contributed by atoms with Crippen molar-refractivity contribution in [3.8, 4) is 0 Å². The molecule has 0 amide bonds. The molecule has 0 aromatic carbocycles. The van der Waals surface area contributed by atoms with Crippen LogP contribution in [-0.4, -0.2) is 9.49 Å². The Morgan fingerprint density at radius 2 is 1.08 bits per heavy atom. The quantitative estimate of drug-likeness (QED) is 0.469. The van der Waals surface area contributed by atoms with Gasteiger partial charge in [0.15, 0.2) is 0 Å². The van der Waals surface area contributed by atoms with Crippen molar-refractivity contribution >= 4 is 35.7 Å². The van der Waals surface area contributed by atoms with Crippen LogP contribution in [0.2, 0.25) is 0 Å². The van der Waals surface area contributed by atoms with Crippen molar-refractivity contribution in [2.24, 2.45) is 0 Å². The zero-order chi connectivity index (χ0) is 9.12. The second-order valence-electron chi connectivity index (χ2n) is 3.64. The van der Waals surface area contributed by atoms with Crippen LogP contribution >= 0.6 is 35.7 Å². The highest BCUT2D eigenvalue weighted by atomic mass is 127. The van der Waals surface area contributed by atoms with E-state index in [9.17, 15) is 0 Å². The normalized spacial score (nSPS) is 22.2. The lowest BCUT2D eigenvalue weighted by atomic mass is 10.1. The van der Waals surface area contributed by atoms with Crippen LogP contribution in [0.4, 0.5) is 0 Å². The summed E-state index contributed by atoms with van der Waals surface area (Å²) >= 11 is 2.01. The Labute approximate surface area is 98.6 Å². The first-order valence-electron chi connectivity index (χ1n) is 4.32. The fraction of sp³-hybridized carbons (Fsp3) is 0.800. The smallest absolute Gasteiger partial charge is 0.0291 e. The summed E-state index contributed by atoms with van der Waals surface area (Å²) in [5, 5.41) is 0. The minimum absolute atomic E-state index is 0. The SMILES string of the molecule is CC.CC1(C)C=CC(C)(C)S1.I. The fourth-order valence-electron chi connectivity index (χ4n) is 1.15. The highest BCUT2D eigenvalue weighted by Gasteiger charge is 2.31. The molecule has 0 aromatic rings. The van der Waals surface area contributed by atoms with E-state index in [0.29, 0.717) is 9.49 Å². The summed E-state index contributed by atoms with van der Waals surface area (Å²) in [6.45, 7) is 13.0. The van der Waals surface area contributed by atoms with E-state index in [4.69, 9.17) is 0 Å². The summed E-state index contributed by atoms with van der Waals surface area (Å²) in [6, 6.07) is 0. The summed E-state index contributed by atoms with van der Waals surface area (Å²) in [5.74, 6) is 0. The average molecular weight is 300 g/mol. The van der Waals surface area contributed by atoms with Gasteiger partial charge in [-0.25, -0.2) is 0 Å². The van der Waals surface area contributed by atoms with E-state index in [0.717, 1.165) is 0 Å². The van der Waals surface area contributed by atoms with Gasteiger partial charge in [-0.3, -0.25) is 0 Å². The van der Waals surface area contributed by atoms with Gasteiger partial charge in [0.25, 0.3) is 0 Å². The first-order valence-corrected chi connectivity index (χ1v) is 5.14. The average Bonchev–Trinajstić information content (AvgIpc) is 2.10. The lowest BCUT2D eigenvalue weighted by Crippen LogP contribution is -2.13. The molecule has 0 bridgehead atoms. The van der Waals surface area contributed by atoms with E-state index in [2.05, 4.69) is 39.8 Å². The summed E-state index contributed by atoms with van der Waals surface area (Å²) < 4.78 is 0.729. The molecule has 0 spiro atoms. The maximum Gasteiger partial charge on any atom is 0.0291 e. The lowest BCUT2D eigenvalue weighted by molar-refractivity contribution is 0.893. The molecule has 0 fully saturated rings. The molecule has 0 unspecified atom stereocenters. The molecule has 0 nitrogen and oxygen atoms in total. The van der Waals surface area contributed by atoms with E-state index in [1.54, 1.807) is 0 Å². The number of hydrogen-bond donors (Lipinski definition) is 0. The van der Waals surface area contributed by atoms with Gasteiger partial charge < -0.3 is 0 Å². The van der Waals surface area contributed by atoms with Gasteiger partial charge >= 0.3 is 0 Å². The first-order chi connectivity index (χ1) is 4.91. The molecule has 0 aliphatic carbocycles. The highest BCUT2D eigenvalue weighted by Crippen LogP contribution is 2.43. The third-order valence-electron chi connectivity index (χ3n) is 1.41.